The number of ketones is 2. The van der Waals surface area contributed by atoms with Crippen molar-refractivity contribution in [3.05, 3.63) is 58.2 Å². The molecule has 0 fully saturated rings. The molecule has 31 heavy (non-hydrogen) atoms. The van der Waals surface area contributed by atoms with E-state index in [0.717, 1.165) is 30.4 Å². The molecule has 4 heteroatoms. The van der Waals surface area contributed by atoms with Gasteiger partial charge < -0.3 is 4.74 Å². The number of carbonyl (C=O) groups excluding carboxylic acids is 3. The highest BCUT2D eigenvalue weighted by Crippen LogP contribution is 2.47. The molecule has 3 aliphatic rings. The number of carbonyl (C=O) groups is 3. The second-order valence-corrected chi connectivity index (χ2v) is 10.5. The molecule has 2 unspecified atom stereocenters. The number of aryl methyl sites for hydroxylation is 1. The lowest BCUT2D eigenvalue weighted by molar-refractivity contribution is -0.143. The molecule has 0 radical (unpaired) electrons. The van der Waals surface area contributed by atoms with E-state index in [2.05, 4.69) is 39.8 Å². The molecule has 164 valence electrons. The molecule has 0 saturated carbocycles. The zero-order chi connectivity index (χ0) is 22.6. The summed E-state index contributed by atoms with van der Waals surface area (Å²) >= 11 is 0. The van der Waals surface area contributed by atoms with Crippen molar-refractivity contribution in [1.29, 1.82) is 0 Å². The van der Waals surface area contributed by atoms with Gasteiger partial charge >= 0.3 is 5.97 Å². The molecule has 2 atom stereocenters. The molecule has 0 spiro atoms. The maximum absolute atomic E-state index is 13.4. The summed E-state index contributed by atoms with van der Waals surface area (Å²) in [5.41, 5.74) is 5.06. The van der Waals surface area contributed by atoms with Crippen LogP contribution in [0.4, 0.5) is 0 Å². The van der Waals surface area contributed by atoms with Gasteiger partial charge in [-0.25, -0.2) is 0 Å². The Labute approximate surface area is 184 Å². The van der Waals surface area contributed by atoms with Crippen LogP contribution in [0.1, 0.15) is 80.4 Å². The predicted molar refractivity (Wildman–Crippen MR) is 120 cm³/mol. The maximum atomic E-state index is 13.4. The van der Waals surface area contributed by atoms with Crippen molar-refractivity contribution in [2.45, 2.75) is 70.6 Å². The Kier molecular flexibility index (Phi) is 5.31. The van der Waals surface area contributed by atoms with Gasteiger partial charge in [-0.15, -0.1) is 0 Å². The number of Topliss-reactive ketones (excluding diaryl/α,β-unsaturated/α-hetero) is 2. The third kappa shape index (κ3) is 3.71. The van der Waals surface area contributed by atoms with E-state index in [0.29, 0.717) is 18.4 Å². The highest BCUT2D eigenvalue weighted by atomic mass is 16.5. The van der Waals surface area contributed by atoms with Gasteiger partial charge in [-0.3, -0.25) is 14.4 Å². The molecule has 0 heterocycles. The number of esters is 1. The summed E-state index contributed by atoms with van der Waals surface area (Å²) in [6, 6.07) is 4.33. The quantitative estimate of drug-likeness (QED) is 0.509. The summed E-state index contributed by atoms with van der Waals surface area (Å²) in [6.45, 7) is 9.07. The SMILES string of the molecule is COC(=O)C1C=CC(C(=O)C2CCc3cc4c(cc3C2=O)C(C)(C)CCC4(C)C)=CC1. The lowest BCUT2D eigenvalue weighted by Gasteiger charge is -2.43. The monoisotopic (exact) mass is 420 g/mol. The van der Waals surface area contributed by atoms with Crippen LogP contribution in [0.5, 0.6) is 0 Å². The summed E-state index contributed by atoms with van der Waals surface area (Å²) in [6.07, 6.45) is 9.08. The van der Waals surface area contributed by atoms with E-state index in [4.69, 9.17) is 4.74 Å². The van der Waals surface area contributed by atoms with E-state index < -0.39 is 5.92 Å². The smallest absolute Gasteiger partial charge is 0.312 e. The largest absolute Gasteiger partial charge is 0.469 e. The van der Waals surface area contributed by atoms with Gasteiger partial charge in [0.2, 0.25) is 0 Å². The number of ether oxygens (including phenoxy) is 1. The zero-order valence-electron chi connectivity index (χ0n) is 19.2. The number of fused-ring (bicyclic) bond motifs is 2. The Morgan fingerprint density at radius 2 is 1.68 bits per heavy atom. The van der Waals surface area contributed by atoms with Crippen molar-refractivity contribution in [3.8, 4) is 0 Å². The molecule has 0 aliphatic heterocycles. The first-order chi connectivity index (χ1) is 14.5. The number of rotatable bonds is 3. The van der Waals surface area contributed by atoms with E-state index in [1.54, 1.807) is 18.2 Å². The molecule has 0 bridgehead atoms. The Morgan fingerprint density at radius 3 is 2.26 bits per heavy atom. The summed E-state index contributed by atoms with van der Waals surface area (Å²) in [4.78, 5) is 38.3. The summed E-state index contributed by atoms with van der Waals surface area (Å²) in [5.74, 6) is -1.50. The number of hydrogen-bond donors (Lipinski definition) is 0. The molecule has 0 saturated heterocycles. The Morgan fingerprint density at radius 1 is 1.03 bits per heavy atom. The fourth-order valence-electron chi connectivity index (χ4n) is 5.29. The van der Waals surface area contributed by atoms with E-state index in [-0.39, 0.29) is 34.3 Å². The average molecular weight is 421 g/mol. The summed E-state index contributed by atoms with van der Waals surface area (Å²) in [7, 11) is 1.36. The van der Waals surface area contributed by atoms with Crippen LogP contribution in [0.15, 0.2) is 35.9 Å². The second-order valence-electron chi connectivity index (χ2n) is 10.5. The van der Waals surface area contributed by atoms with Crippen LogP contribution in [0.3, 0.4) is 0 Å². The van der Waals surface area contributed by atoms with Crippen LogP contribution >= 0.6 is 0 Å². The van der Waals surface area contributed by atoms with Crippen molar-refractivity contribution >= 4 is 17.5 Å². The van der Waals surface area contributed by atoms with Gasteiger partial charge in [-0.1, -0.05) is 52.0 Å². The van der Waals surface area contributed by atoms with Crippen LogP contribution in [0, 0.1) is 11.8 Å². The molecule has 4 nitrogen and oxygen atoms in total. The van der Waals surface area contributed by atoms with Crippen molar-refractivity contribution in [2.75, 3.05) is 7.11 Å². The van der Waals surface area contributed by atoms with Gasteiger partial charge in [-0.2, -0.15) is 0 Å². The van der Waals surface area contributed by atoms with Crippen LogP contribution in [0.25, 0.3) is 0 Å². The van der Waals surface area contributed by atoms with Crippen LogP contribution < -0.4 is 0 Å². The number of hydrogen-bond acceptors (Lipinski definition) is 4. The third-order valence-electron chi connectivity index (χ3n) is 7.57. The number of benzene rings is 1. The topological polar surface area (TPSA) is 60.4 Å². The predicted octanol–water partition coefficient (Wildman–Crippen LogP) is 5.03. The van der Waals surface area contributed by atoms with Crippen molar-refractivity contribution in [1.82, 2.24) is 0 Å². The van der Waals surface area contributed by atoms with Gasteiger partial charge in [0, 0.05) is 11.1 Å². The molecule has 0 N–H and O–H groups in total. The van der Waals surface area contributed by atoms with E-state index in [1.165, 1.54) is 18.2 Å². The van der Waals surface area contributed by atoms with Gasteiger partial charge in [-0.05, 0) is 65.7 Å². The number of allylic oxidation sites excluding steroid dienone is 3. The number of methoxy groups -OCH3 is 1. The fraction of sp³-hybridized carbons (Fsp3) is 0.519. The van der Waals surface area contributed by atoms with Crippen LogP contribution in [-0.2, 0) is 31.6 Å². The lowest BCUT2D eigenvalue weighted by atomic mass is 9.61. The summed E-state index contributed by atoms with van der Waals surface area (Å²) < 4.78 is 4.78. The van der Waals surface area contributed by atoms with Gasteiger partial charge in [0.15, 0.2) is 11.6 Å². The van der Waals surface area contributed by atoms with Crippen molar-refractivity contribution in [2.24, 2.45) is 11.8 Å². The van der Waals surface area contributed by atoms with E-state index >= 15 is 0 Å². The summed E-state index contributed by atoms with van der Waals surface area (Å²) in [5, 5.41) is 0. The zero-order valence-corrected chi connectivity index (χ0v) is 19.2. The fourth-order valence-corrected chi connectivity index (χ4v) is 5.29. The first kappa shape index (κ1) is 21.7. The first-order valence-electron chi connectivity index (χ1n) is 11.3. The Bertz CT molecular complexity index is 1020. The molecule has 1 aromatic carbocycles. The molecular formula is C27H32O4. The van der Waals surface area contributed by atoms with Crippen LogP contribution in [-0.4, -0.2) is 24.6 Å². The molecule has 0 aromatic heterocycles. The first-order valence-corrected chi connectivity index (χ1v) is 11.3. The van der Waals surface area contributed by atoms with Crippen molar-refractivity contribution in [3.63, 3.8) is 0 Å². The standard InChI is InChI=1S/C27H32O4/c1-26(2)12-13-27(3,4)22-15-20-18(14-21(22)26)10-11-19(24(20)29)23(28)16-6-8-17(9-7-16)25(30)31-5/h6-8,14-15,17,19H,9-13H2,1-5H3. The molecule has 3 aliphatic carbocycles. The minimum atomic E-state index is -0.643. The van der Waals surface area contributed by atoms with Gasteiger partial charge in [0.25, 0.3) is 0 Å². The van der Waals surface area contributed by atoms with Crippen molar-refractivity contribution < 1.29 is 19.1 Å². The van der Waals surface area contributed by atoms with Gasteiger partial charge in [0.1, 0.15) is 0 Å². The minimum absolute atomic E-state index is 0.0225. The highest BCUT2D eigenvalue weighted by Gasteiger charge is 2.41. The van der Waals surface area contributed by atoms with E-state index in [9.17, 15) is 14.4 Å². The molecule has 1 aromatic rings. The normalized spacial score (nSPS) is 25.8. The highest BCUT2D eigenvalue weighted by molar-refractivity contribution is 6.18. The third-order valence-corrected chi connectivity index (χ3v) is 7.57. The minimum Gasteiger partial charge on any atom is -0.469 e. The Hall–Kier alpha value is -2.49. The molecule has 4 rings (SSSR count). The lowest BCUT2D eigenvalue weighted by Crippen LogP contribution is -2.36. The maximum Gasteiger partial charge on any atom is 0.312 e. The Balaban J connectivity index is 1.63. The molecule has 0 amide bonds. The van der Waals surface area contributed by atoms with Gasteiger partial charge in [0.05, 0.1) is 18.9 Å². The second kappa shape index (κ2) is 7.58. The van der Waals surface area contributed by atoms with Crippen LogP contribution in [0.2, 0.25) is 0 Å². The average Bonchev–Trinajstić information content (AvgIpc) is 2.76. The van der Waals surface area contributed by atoms with E-state index in [1.807, 2.05) is 0 Å². The molecular weight excluding hydrogens is 388 g/mol.